The number of phenolic OH excluding ortho intramolecular Hbond substituents is 2. The zero-order chi connectivity index (χ0) is 17.7. The molecule has 0 saturated carbocycles. The second-order valence-corrected chi connectivity index (χ2v) is 6.01. The van der Waals surface area contributed by atoms with Crippen LogP contribution in [0.1, 0.15) is 42.1 Å². The van der Waals surface area contributed by atoms with Crippen LogP contribution in [0.4, 0.5) is 0 Å². The Morgan fingerprint density at radius 2 is 1.92 bits per heavy atom. The average Bonchev–Trinajstić information content (AvgIpc) is 2.49. The van der Waals surface area contributed by atoms with Crippen LogP contribution >= 0.6 is 0 Å². The van der Waals surface area contributed by atoms with Gasteiger partial charge >= 0.3 is 0 Å². The number of hydrogen-bond acceptors (Lipinski definition) is 5. The van der Waals surface area contributed by atoms with Gasteiger partial charge in [-0.25, -0.2) is 0 Å². The Hall–Kier alpha value is -2.31. The fraction of sp³-hybridized carbons (Fsp3) is 0.389. The summed E-state index contributed by atoms with van der Waals surface area (Å²) in [5.41, 5.74) is 0.484. The van der Waals surface area contributed by atoms with E-state index in [0.717, 1.165) is 6.07 Å². The third-order valence-corrected chi connectivity index (χ3v) is 3.88. The molecule has 24 heavy (non-hydrogen) atoms. The smallest absolute Gasteiger partial charge is 0.255 e. The predicted molar refractivity (Wildman–Crippen MR) is 90.7 cm³/mol. The van der Waals surface area contributed by atoms with Crippen LogP contribution in [0.15, 0.2) is 30.4 Å². The first kappa shape index (κ1) is 18.0. The number of aliphatic hydroxyl groups excluding tert-OH is 2. The molecule has 1 aliphatic rings. The number of fused-ring (bicyclic) bond motifs is 1. The minimum atomic E-state index is -0.954. The number of allylic oxidation sites excluding steroid dienone is 1. The van der Waals surface area contributed by atoms with Crippen LogP contribution in [0.2, 0.25) is 0 Å². The number of hydrogen-bond donors (Lipinski definition) is 5. The highest BCUT2D eigenvalue weighted by molar-refractivity contribution is 6.00. The van der Waals surface area contributed by atoms with Crippen LogP contribution in [0.3, 0.4) is 0 Å². The topological polar surface area (TPSA) is 110 Å². The highest BCUT2D eigenvalue weighted by Crippen LogP contribution is 2.28. The summed E-state index contributed by atoms with van der Waals surface area (Å²) in [6.45, 7) is 1.80. The summed E-state index contributed by atoms with van der Waals surface area (Å²) in [5.74, 6) is -0.876. The molecule has 6 heteroatoms. The fourth-order valence-corrected chi connectivity index (χ4v) is 2.57. The van der Waals surface area contributed by atoms with Crippen molar-refractivity contribution in [2.24, 2.45) is 0 Å². The van der Waals surface area contributed by atoms with Crippen LogP contribution in [-0.2, 0) is 0 Å². The van der Waals surface area contributed by atoms with Gasteiger partial charge in [-0.3, -0.25) is 4.79 Å². The van der Waals surface area contributed by atoms with Gasteiger partial charge in [0.25, 0.3) is 5.91 Å². The molecule has 1 heterocycles. The van der Waals surface area contributed by atoms with E-state index in [9.17, 15) is 25.2 Å². The Kier molecular flexibility index (Phi) is 6.00. The highest BCUT2D eigenvalue weighted by atomic mass is 16.3. The molecule has 2 rings (SSSR count). The summed E-state index contributed by atoms with van der Waals surface area (Å²) < 4.78 is 0. The molecule has 5 N–H and O–H groups in total. The van der Waals surface area contributed by atoms with Gasteiger partial charge in [0.05, 0.1) is 17.8 Å². The molecule has 1 amide bonds. The van der Waals surface area contributed by atoms with Crippen LogP contribution in [0.25, 0.3) is 6.08 Å². The van der Waals surface area contributed by atoms with E-state index >= 15 is 0 Å². The molecule has 0 bridgehead atoms. The molecule has 0 aliphatic carbocycles. The minimum absolute atomic E-state index is 0.0949. The molecule has 1 aromatic carbocycles. The molecular weight excluding hydrogens is 310 g/mol. The van der Waals surface area contributed by atoms with E-state index < -0.39 is 18.1 Å². The Bertz CT molecular complexity index is 653. The van der Waals surface area contributed by atoms with E-state index in [1.807, 2.05) is 0 Å². The van der Waals surface area contributed by atoms with Crippen LogP contribution in [0, 0.1) is 0 Å². The monoisotopic (exact) mass is 333 g/mol. The van der Waals surface area contributed by atoms with E-state index in [2.05, 4.69) is 5.32 Å². The third-order valence-electron chi connectivity index (χ3n) is 3.88. The predicted octanol–water partition coefficient (Wildman–Crippen LogP) is 1.69. The normalized spacial score (nSPS) is 25.6. The number of rotatable bonds is 0. The molecule has 0 radical (unpaired) electrons. The standard InChI is InChI=1S/C18H23NO5/c1-11-5-4-8-15(22)14(21)7-3-2-6-12-9-13(20)10-16(23)17(12)18(24)19-11/h2,4,6,8-11,14-15,20-23H,3,5,7H2,1H3,(H,19,24)/t11-,14-,15+/m0/s1. The zero-order valence-corrected chi connectivity index (χ0v) is 13.5. The highest BCUT2D eigenvalue weighted by Gasteiger charge is 2.19. The number of carbonyl (C=O) groups is 1. The summed E-state index contributed by atoms with van der Waals surface area (Å²) in [6, 6.07) is 2.29. The molecular formula is C18H23NO5. The first-order chi connectivity index (χ1) is 11.4. The van der Waals surface area contributed by atoms with Crippen molar-refractivity contribution in [3.8, 4) is 11.5 Å². The van der Waals surface area contributed by atoms with Crippen LogP contribution < -0.4 is 5.32 Å². The van der Waals surface area contributed by atoms with Gasteiger partial charge in [0.15, 0.2) is 0 Å². The van der Waals surface area contributed by atoms with Gasteiger partial charge in [-0.1, -0.05) is 24.3 Å². The third kappa shape index (κ3) is 4.59. The Morgan fingerprint density at radius 1 is 1.17 bits per heavy atom. The van der Waals surface area contributed by atoms with Crippen LogP contribution in [0.5, 0.6) is 11.5 Å². The number of phenols is 2. The maximum absolute atomic E-state index is 12.4. The molecule has 0 spiro atoms. The van der Waals surface area contributed by atoms with Crippen molar-refractivity contribution in [3.05, 3.63) is 41.5 Å². The molecule has 0 saturated heterocycles. The summed E-state index contributed by atoms with van der Waals surface area (Å²) in [6.07, 6.45) is 6.02. The van der Waals surface area contributed by atoms with Crippen molar-refractivity contribution >= 4 is 12.0 Å². The summed E-state index contributed by atoms with van der Waals surface area (Å²) in [5, 5.41) is 42.2. The van der Waals surface area contributed by atoms with Crippen molar-refractivity contribution in [2.75, 3.05) is 0 Å². The molecule has 130 valence electrons. The van der Waals surface area contributed by atoms with Gasteiger partial charge in [-0.15, -0.1) is 0 Å². The quantitative estimate of drug-likeness (QED) is 0.464. The van der Waals surface area contributed by atoms with Gasteiger partial charge in [-0.05, 0) is 37.8 Å². The van der Waals surface area contributed by atoms with E-state index in [-0.39, 0.29) is 23.1 Å². The van der Waals surface area contributed by atoms with Crippen molar-refractivity contribution in [1.82, 2.24) is 5.32 Å². The summed E-state index contributed by atoms with van der Waals surface area (Å²) in [7, 11) is 0. The largest absolute Gasteiger partial charge is 0.508 e. The van der Waals surface area contributed by atoms with Crippen molar-refractivity contribution in [1.29, 1.82) is 0 Å². The molecule has 1 aliphatic heterocycles. The minimum Gasteiger partial charge on any atom is -0.508 e. The van der Waals surface area contributed by atoms with Gasteiger partial charge in [0, 0.05) is 12.1 Å². The van der Waals surface area contributed by atoms with Crippen molar-refractivity contribution < 1.29 is 25.2 Å². The Balaban J connectivity index is 2.36. The first-order valence-corrected chi connectivity index (χ1v) is 7.94. The molecule has 6 nitrogen and oxygen atoms in total. The van der Waals surface area contributed by atoms with Crippen molar-refractivity contribution in [2.45, 2.75) is 44.4 Å². The van der Waals surface area contributed by atoms with Crippen molar-refractivity contribution in [3.63, 3.8) is 0 Å². The van der Waals surface area contributed by atoms with E-state index in [1.165, 1.54) is 12.1 Å². The second kappa shape index (κ2) is 7.99. The molecule has 1 aromatic rings. The maximum Gasteiger partial charge on any atom is 0.255 e. The fourth-order valence-electron chi connectivity index (χ4n) is 2.57. The average molecular weight is 333 g/mol. The van der Waals surface area contributed by atoms with E-state index in [0.29, 0.717) is 24.8 Å². The second-order valence-electron chi connectivity index (χ2n) is 6.01. The number of benzene rings is 1. The van der Waals surface area contributed by atoms with Gasteiger partial charge in [0.2, 0.25) is 0 Å². The van der Waals surface area contributed by atoms with Gasteiger partial charge in [0.1, 0.15) is 11.5 Å². The van der Waals surface area contributed by atoms with Gasteiger partial charge < -0.3 is 25.7 Å². The molecule has 0 unspecified atom stereocenters. The van der Waals surface area contributed by atoms with E-state index in [1.54, 1.807) is 25.2 Å². The number of aromatic hydroxyl groups is 2. The Morgan fingerprint density at radius 3 is 2.67 bits per heavy atom. The lowest BCUT2D eigenvalue weighted by Crippen LogP contribution is -2.32. The Labute approximate surface area is 140 Å². The van der Waals surface area contributed by atoms with Gasteiger partial charge in [-0.2, -0.15) is 0 Å². The number of aliphatic hydroxyl groups is 2. The lowest BCUT2D eigenvalue weighted by molar-refractivity contribution is 0.0438. The first-order valence-electron chi connectivity index (χ1n) is 7.94. The maximum atomic E-state index is 12.4. The summed E-state index contributed by atoms with van der Waals surface area (Å²) >= 11 is 0. The molecule has 0 fully saturated rings. The lowest BCUT2D eigenvalue weighted by Gasteiger charge is -2.17. The summed E-state index contributed by atoms with van der Waals surface area (Å²) in [4.78, 5) is 12.4. The number of amides is 1. The van der Waals surface area contributed by atoms with E-state index in [4.69, 9.17) is 0 Å². The van der Waals surface area contributed by atoms with Crippen LogP contribution in [-0.4, -0.2) is 44.6 Å². The number of carbonyl (C=O) groups excluding carboxylic acids is 1. The SMILES string of the molecule is C[C@H]1CC=C[C@@H](O)[C@@H](O)CCC=Cc2cc(O)cc(O)c2C(=O)N1. The molecule has 3 atom stereocenters. The lowest BCUT2D eigenvalue weighted by atomic mass is 10.0. The molecule has 0 aromatic heterocycles. The zero-order valence-electron chi connectivity index (χ0n) is 13.5. The number of nitrogens with one attached hydrogen (secondary N) is 1.